The van der Waals surface area contributed by atoms with E-state index in [-0.39, 0.29) is 0 Å². The van der Waals surface area contributed by atoms with Crippen LogP contribution < -0.4 is 0 Å². The summed E-state index contributed by atoms with van der Waals surface area (Å²) < 4.78 is 0. The molecule has 0 aliphatic heterocycles. The van der Waals surface area contributed by atoms with Crippen LogP contribution in [0.25, 0.3) is 0 Å². The second kappa shape index (κ2) is 5.71. The van der Waals surface area contributed by atoms with Crippen molar-refractivity contribution in [2.75, 3.05) is 0 Å². The molecule has 0 radical (unpaired) electrons. The van der Waals surface area contributed by atoms with Crippen molar-refractivity contribution in [1.82, 2.24) is 0 Å². The minimum atomic E-state index is 0.292. The van der Waals surface area contributed by atoms with Crippen LogP contribution in [0.15, 0.2) is 24.3 Å². The average Bonchev–Trinajstić information content (AvgIpc) is 1.88. The van der Waals surface area contributed by atoms with Crippen molar-refractivity contribution in [1.29, 1.82) is 5.16 Å². The van der Waals surface area contributed by atoms with Gasteiger partial charge < -0.3 is 0 Å². The first kappa shape index (κ1) is 8.58. The normalized spacial score (nSPS) is 15.8. The van der Waals surface area contributed by atoms with Crippen LogP contribution in [0.4, 0.5) is 0 Å². The quantitative estimate of drug-likeness (QED) is 0.461. The highest BCUT2D eigenvalue weighted by molar-refractivity contribution is 7.26. The number of hydrogen-bond donors (Lipinski definition) is 1. The number of rotatable bonds is 3. The van der Waals surface area contributed by atoms with E-state index in [2.05, 4.69) is 0 Å². The topological polar surface area (TPSA) is 23.9 Å². The van der Waals surface area contributed by atoms with Crippen molar-refractivity contribution in [3.8, 4) is 0 Å². The zero-order valence-electron chi connectivity index (χ0n) is 5.83. The summed E-state index contributed by atoms with van der Waals surface area (Å²) in [6, 6.07) is 0. The van der Waals surface area contributed by atoms with Gasteiger partial charge in [0.15, 0.2) is 0 Å². The van der Waals surface area contributed by atoms with Gasteiger partial charge in [0.2, 0.25) is 0 Å². The summed E-state index contributed by atoms with van der Waals surface area (Å²) in [6.45, 7) is 3.95. The molecule has 0 spiro atoms. The molecule has 0 rings (SSSR count). The molecule has 2 heteroatoms. The molecule has 1 nitrogen and oxygen atoms in total. The Morgan fingerprint density at radius 2 is 1.67 bits per heavy atom. The van der Waals surface area contributed by atoms with Gasteiger partial charge in [0, 0.05) is 8.37 Å². The third kappa shape index (κ3) is 4.11. The zero-order chi connectivity index (χ0) is 7.11. The van der Waals surface area contributed by atoms with Crippen LogP contribution in [0.2, 0.25) is 0 Å². The maximum absolute atomic E-state index is 7.04. The Hall–Kier alpha value is -0.420. The number of nitrogens with one attached hydrogen (secondary N) is 1. The molecule has 1 N–H and O–H groups in total. The average molecular weight is 141 g/mol. The monoisotopic (exact) mass is 141 g/mol. The SMILES string of the molecule is CC=CC(C=CC)P=N. The van der Waals surface area contributed by atoms with Gasteiger partial charge in [-0.2, -0.15) is 0 Å². The minimum absolute atomic E-state index is 0.292. The summed E-state index contributed by atoms with van der Waals surface area (Å²) in [7, 11) is 0.667. The van der Waals surface area contributed by atoms with Crippen LogP contribution in [0.5, 0.6) is 0 Å². The lowest BCUT2D eigenvalue weighted by Crippen LogP contribution is -1.83. The number of hydrogen-bond acceptors (Lipinski definition) is 1. The van der Waals surface area contributed by atoms with Crippen molar-refractivity contribution in [3.05, 3.63) is 24.3 Å². The van der Waals surface area contributed by atoms with E-state index in [0.717, 1.165) is 0 Å². The lowest BCUT2D eigenvalue weighted by Gasteiger charge is -1.92. The summed E-state index contributed by atoms with van der Waals surface area (Å²) in [6.07, 6.45) is 8.00. The lowest BCUT2D eigenvalue weighted by atomic mass is 10.3. The molecule has 0 fully saturated rings. The van der Waals surface area contributed by atoms with Crippen LogP contribution in [0.3, 0.4) is 0 Å². The van der Waals surface area contributed by atoms with Crippen molar-refractivity contribution < 1.29 is 0 Å². The van der Waals surface area contributed by atoms with E-state index in [0.29, 0.717) is 14.0 Å². The van der Waals surface area contributed by atoms with Crippen LogP contribution in [-0.2, 0) is 0 Å². The Bertz CT molecular complexity index is 115. The first-order valence-electron chi connectivity index (χ1n) is 2.97. The second-order valence-electron chi connectivity index (χ2n) is 1.67. The molecule has 0 aromatic carbocycles. The van der Waals surface area contributed by atoms with E-state index >= 15 is 0 Å². The van der Waals surface area contributed by atoms with Gasteiger partial charge in [-0.1, -0.05) is 24.3 Å². The molecule has 9 heavy (non-hydrogen) atoms. The maximum Gasteiger partial charge on any atom is 0.0540 e. The molecule has 0 saturated heterocycles. The van der Waals surface area contributed by atoms with Crippen LogP contribution >= 0.6 is 8.37 Å². The molecule has 50 valence electrons. The first-order chi connectivity index (χ1) is 4.35. The largest absolute Gasteiger partial charge is 0.283 e. The smallest absolute Gasteiger partial charge is 0.0540 e. The maximum atomic E-state index is 7.04. The van der Waals surface area contributed by atoms with E-state index in [1.54, 1.807) is 0 Å². The zero-order valence-corrected chi connectivity index (χ0v) is 6.73. The standard InChI is InChI=1S/C7H12NP/c1-3-5-7(9-8)6-4-2/h3-8H,1-2H3. The Labute approximate surface area is 58.2 Å². The van der Waals surface area contributed by atoms with Crippen molar-refractivity contribution in [2.24, 2.45) is 0 Å². The van der Waals surface area contributed by atoms with Gasteiger partial charge in [-0.25, -0.2) is 0 Å². The van der Waals surface area contributed by atoms with Gasteiger partial charge in [-0.15, -0.1) is 0 Å². The van der Waals surface area contributed by atoms with Gasteiger partial charge in [-0.05, 0) is 13.8 Å². The molecule has 0 aromatic heterocycles. The Kier molecular flexibility index (Phi) is 5.45. The molecule has 0 unspecified atom stereocenters. The summed E-state index contributed by atoms with van der Waals surface area (Å²) in [4.78, 5) is 0. The Balaban J connectivity index is 3.82. The van der Waals surface area contributed by atoms with E-state index in [1.807, 2.05) is 38.2 Å². The molecule has 0 bridgehead atoms. The molecule has 0 heterocycles. The molecule has 0 saturated carbocycles. The van der Waals surface area contributed by atoms with E-state index in [1.165, 1.54) is 0 Å². The van der Waals surface area contributed by atoms with E-state index in [4.69, 9.17) is 5.16 Å². The van der Waals surface area contributed by atoms with Gasteiger partial charge in [0.1, 0.15) is 0 Å². The van der Waals surface area contributed by atoms with Gasteiger partial charge in [0.05, 0.1) is 5.66 Å². The van der Waals surface area contributed by atoms with Crippen molar-refractivity contribution >= 4 is 8.37 Å². The summed E-state index contributed by atoms with van der Waals surface area (Å²) in [5.41, 5.74) is 0.292. The highest BCUT2D eigenvalue weighted by Gasteiger charge is 1.90. The summed E-state index contributed by atoms with van der Waals surface area (Å²) in [5.74, 6) is 0. The van der Waals surface area contributed by atoms with Crippen molar-refractivity contribution in [2.45, 2.75) is 19.5 Å². The summed E-state index contributed by atoms with van der Waals surface area (Å²) in [5, 5.41) is 7.04. The first-order valence-corrected chi connectivity index (χ1v) is 3.93. The Morgan fingerprint density at radius 1 is 1.22 bits per heavy atom. The predicted octanol–water partition coefficient (Wildman–Crippen LogP) is 3.22. The fourth-order valence-electron chi connectivity index (χ4n) is 0.545. The lowest BCUT2D eigenvalue weighted by molar-refractivity contribution is 1.36. The molecule has 0 aromatic rings. The van der Waals surface area contributed by atoms with Crippen LogP contribution in [0, 0.1) is 5.16 Å². The highest BCUT2D eigenvalue weighted by atomic mass is 31.1. The molecule has 0 aliphatic rings. The van der Waals surface area contributed by atoms with Gasteiger partial charge in [0.25, 0.3) is 0 Å². The van der Waals surface area contributed by atoms with Gasteiger partial charge >= 0.3 is 0 Å². The predicted molar refractivity (Wildman–Crippen MR) is 43.1 cm³/mol. The van der Waals surface area contributed by atoms with E-state index < -0.39 is 0 Å². The molecular formula is C7H12NP. The van der Waals surface area contributed by atoms with Crippen LogP contribution in [0.1, 0.15) is 13.8 Å². The second-order valence-corrected chi connectivity index (χ2v) is 2.53. The number of allylic oxidation sites excluding steroid dienone is 4. The van der Waals surface area contributed by atoms with E-state index in [9.17, 15) is 0 Å². The Morgan fingerprint density at radius 3 is 1.89 bits per heavy atom. The van der Waals surface area contributed by atoms with Crippen LogP contribution in [-0.4, -0.2) is 5.66 Å². The molecule has 0 aliphatic carbocycles. The fourth-order valence-corrected chi connectivity index (χ4v) is 1.06. The molecular weight excluding hydrogens is 129 g/mol. The van der Waals surface area contributed by atoms with Gasteiger partial charge in [-0.3, -0.25) is 5.16 Å². The summed E-state index contributed by atoms with van der Waals surface area (Å²) >= 11 is 0. The third-order valence-corrected chi connectivity index (χ3v) is 1.57. The van der Waals surface area contributed by atoms with Crippen molar-refractivity contribution in [3.63, 3.8) is 0 Å². The fraction of sp³-hybridized carbons (Fsp3) is 0.429. The molecule has 0 atom stereocenters. The highest BCUT2D eigenvalue weighted by Crippen LogP contribution is 2.09. The third-order valence-electron chi connectivity index (χ3n) is 0.928. The minimum Gasteiger partial charge on any atom is -0.283 e. The molecule has 0 amide bonds.